The summed E-state index contributed by atoms with van der Waals surface area (Å²) in [4.78, 5) is 14.0. The Bertz CT molecular complexity index is 735. The molecule has 0 aliphatic carbocycles. The van der Waals surface area contributed by atoms with Gasteiger partial charge in [0.1, 0.15) is 24.1 Å². The van der Waals surface area contributed by atoms with E-state index in [0.29, 0.717) is 25.5 Å². The van der Waals surface area contributed by atoms with Crippen molar-refractivity contribution in [2.75, 3.05) is 19.7 Å². The molecule has 1 saturated heterocycles. The summed E-state index contributed by atoms with van der Waals surface area (Å²) in [5, 5.41) is 7.82. The minimum Gasteiger partial charge on any atom is -0.366 e. The van der Waals surface area contributed by atoms with E-state index in [9.17, 15) is 13.6 Å². The predicted octanol–water partition coefficient (Wildman–Crippen LogP) is 1.63. The lowest BCUT2D eigenvalue weighted by Gasteiger charge is -2.32. The molecule has 2 aromatic rings. The van der Waals surface area contributed by atoms with E-state index < -0.39 is 11.6 Å². The van der Waals surface area contributed by atoms with Crippen molar-refractivity contribution in [3.63, 3.8) is 0 Å². The lowest BCUT2D eigenvalue weighted by atomic mass is 10.1. The van der Waals surface area contributed by atoms with Crippen LogP contribution in [0, 0.1) is 11.6 Å². The molecule has 0 unspecified atom stereocenters. The lowest BCUT2D eigenvalue weighted by molar-refractivity contribution is -0.139. The quantitative estimate of drug-likeness (QED) is 0.851. The Morgan fingerprint density at radius 3 is 3.00 bits per heavy atom. The van der Waals surface area contributed by atoms with Gasteiger partial charge >= 0.3 is 0 Å². The van der Waals surface area contributed by atoms with Crippen LogP contribution in [0.2, 0.25) is 0 Å². The van der Waals surface area contributed by atoms with Crippen LogP contribution < -0.4 is 0 Å². The van der Waals surface area contributed by atoms with Crippen molar-refractivity contribution in [3.05, 3.63) is 47.5 Å². The molecular formula is C16H18F2N4O2. The van der Waals surface area contributed by atoms with E-state index in [1.165, 1.54) is 0 Å². The van der Waals surface area contributed by atoms with Gasteiger partial charge in [-0.25, -0.2) is 8.78 Å². The molecule has 1 aliphatic heterocycles. The van der Waals surface area contributed by atoms with E-state index >= 15 is 0 Å². The molecule has 8 heteroatoms. The van der Waals surface area contributed by atoms with E-state index in [-0.39, 0.29) is 30.4 Å². The minimum absolute atomic E-state index is 0.117. The summed E-state index contributed by atoms with van der Waals surface area (Å²) >= 11 is 0. The number of aryl methyl sites for hydroxylation is 2. The molecule has 1 fully saturated rings. The molecule has 6 nitrogen and oxygen atoms in total. The van der Waals surface area contributed by atoms with Gasteiger partial charge in [0.2, 0.25) is 5.91 Å². The molecule has 0 bridgehead atoms. The Morgan fingerprint density at radius 1 is 1.42 bits per heavy atom. The minimum atomic E-state index is -0.507. The van der Waals surface area contributed by atoms with Gasteiger partial charge in [-0.3, -0.25) is 4.79 Å². The van der Waals surface area contributed by atoms with Crippen LogP contribution in [0.1, 0.15) is 23.9 Å². The number of rotatable bonds is 4. The standard InChI is InChI=1S/C16H18F2N4O2/c1-21-10-19-20-16(21)14-9-22(6-7-24-14)15(23)5-2-11-8-12(17)3-4-13(11)18/h3-4,8,10,14H,2,5-7,9H2,1H3/t14-/m0/s1. The molecule has 0 saturated carbocycles. The molecule has 0 radical (unpaired) electrons. The Kier molecular flexibility index (Phi) is 4.84. The highest BCUT2D eigenvalue weighted by molar-refractivity contribution is 5.76. The van der Waals surface area contributed by atoms with Gasteiger partial charge in [0.15, 0.2) is 5.82 Å². The first-order valence-electron chi connectivity index (χ1n) is 7.72. The van der Waals surface area contributed by atoms with Gasteiger partial charge in [0.25, 0.3) is 0 Å². The molecule has 1 aliphatic rings. The summed E-state index contributed by atoms with van der Waals surface area (Å²) in [6, 6.07) is 3.27. The average molecular weight is 336 g/mol. The van der Waals surface area contributed by atoms with E-state index in [1.807, 2.05) is 7.05 Å². The Labute approximate surface area is 138 Å². The summed E-state index contributed by atoms with van der Waals surface area (Å²) in [6.07, 6.45) is 1.52. The maximum atomic E-state index is 13.6. The number of ether oxygens (including phenoxy) is 1. The lowest BCUT2D eigenvalue weighted by Crippen LogP contribution is -2.43. The zero-order valence-electron chi connectivity index (χ0n) is 13.3. The van der Waals surface area contributed by atoms with Crippen LogP contribution in [0.4, 0.5) is 8.78 Å². The van der Waals surface area contributed by atoms with Crippen molar-refractivity contribution in [1.82, 2.24) is 19.7 Å². The molecule has 128 valence electrons. The van der Waals surface area contributed by atoms with Gasteiger partial charge in [-0.2, -0.15) is 0 Å². The third kappa shape index (κ3) is 3.59. The van der Waals surface area contributed by atoms with E-state index in [0.717, 1.165) is 18.2 Å². The van der Waals surface area contributed by atoms with Crippen LogP contribution in [-0.4, -0.2) is 45.3 Å². The number of hydrogen-bond acceptors (Lipinski definition) is 4. The number of benzene rings is 1. The van der Waals surface area contributed by atoms with Crippen molar-refractivity contribution in [2.45, 2.75) is 18.9 Å². The second-order valence-corrected chi connectivity index (χ2v) is 5.73. The fourth-order valence-corrected chi connectivity index (χ4v) is 2.75. The molecule has 0 spiro atoms. The zero-order chi connectivity index (χ0) is 17.1. The molecule has 1 amide bonds. The summed E-state index contributed by atoms with van der Waals surface area (Å²) in [5.41, 5.74) is 0.210. The maximum Gasteiger partial charge on any atom is 0.223 e. The molecule has 1 atom stereocenters. The van der Waals surface area contributed by atoms with Gasteiger partial charge < -0.3 is 14.2 Å². The number of hydrogen-bond donors (Lipinski definition) is 0. The molecule has 2 heterocycles. The van der Waals surface area contributed by atoms with Gasteiger partial charge in [0.05, 0.1) is 13.2 Å². The number of halogens is 2. The number of carbonyl (C=O) groups excluding carboxylic acids is 1. The zero-order valence-corrected chi connectivity index (χ0v) is 13.3. The van der Waals surface area contributed by atoms with Crippen molar-refractivity contribution >= 4 is 5.91 Å². The predicted molar refractivity (Wildman–Crippen MR) is 81.0 cm³/mol. The smallest absolute Gasteiger partial charge is 0.223 e. The van der Waals surface area contributed by atoms with Crippen LogP contribution in [-0.2, 0) is 23.0 Å². The first-order valence-corrected chi connectivity index (χ1v) is 7.72. The Morgan fingerprint density at radius 2 is 2.25 bits per heavy atom. The van der Waals surface area contributed by atoms with E-state index in [4.69, 9.17) is 4.74 Å². The van der Waals surface area contributed by atoms with Crippen LogP contribution in [0.5, 0.6) is 0 Å². The summed E-state index contributed by atoms with van der Waals surface area (Å²) in [5.74, 6) is -0.464. The van der Waals surface area contributed by atoms with Crippen LogP contribution >= 0.6 is 0 Å². The van der Waals surface area contributed by atoms with Crippen LogP contribution in [0.25, 0.3) is 0 Å². The Balaban J connectivity index is 1.60. The highest BCUT2D eigenvalue weighted by atomic mass is 19.1. The molecule has 1 aromatic heterocycles. The average Bonchev–Trinajstić information content (AvgIpc) is 3.01. The number of carbonyl (C=O) groups is 1. The maximum absolute atomic E-state index is 13.6. The molecular weight excluding hydrogens is 318 g/mol. The van der Waals surface area contributed by atoms with Crippen molar-refractivity contribution in [3.8, 4) is 0 Å². The van der Waals surface area contributed by atoms with Crippen LogP contribution in [0.3, 0.4) is 0 Å². The van der Waals surface area contributed by atoms with E-state index in [2.05, 4.69) is 10.2 Å². The summed E-state index contributed by atoms with van der Waals surface area (Å²) < 4.78 is 34.2. The van der Waals surface area contributed by atoms with Crippen molar-refractivity contribution in [1.29, 1.82) is 0 Å². The normalized spacial score (nSPS) is 18.0. The van der Waals surface area contributed by atoms with E-state index in [1.54, 1.807) is 15.8 Å². The molecule has 0 N–H and O–H groups in total. The number of nitrogens with zero attached hydrogens (tertiary/aromatic N) is 4. The topological polar surface area (TPSA) is 60.2 Å². The third-order valence-corrected chi connectivity index (χ3v) is 4.07. The van der Waals surface area contributed by atoms with Gasteiger partial charge in [-0.15, -0.1) is 10.2 Å². The molecule has 3 rings (SSSR count). The first-order chi connectivity index (χ1) is 11.5. The highest BCUT2D eigenvalue weighted by Gasteiger charge is 2.28. The molecule has 1 aromatic carbocycles. The first kappa shape index (κ1) is 16.5. The fraction of sp³-hybridized carbons (Fsp3) is 0.438. The highest BCUT2D eigenvalue weighted by Crippen LogP contribution is 2.21. The number of aromatic nitrogens is 3. The number of morpholine rings is 1. The largest absolute Gasteiger partial charge is 0.366 e. The van der Waals surface area contributed by atoms with Gasteiger partial charge in [0, 0.05) is 20.0 Å². The summed E-state index contributed by atoms with van der Waals surface area (Å²) in [7, 11) is 1.81. The monoisotopic (exact) mass is 336 g/mol. The number of amides is 1. The van der Waals surface area contributed by atoms with Crippen LogP contribution in [0.15, 0.2) is 24.5 Å². The van der Waals surface area contributed by atoms with Crippen molar-refractivity contribution < 1.29 is 18.3 Å². The fourth-order valence-electron chi connectivity index (χ4n) is 2.75. The SMILES string of the molecule is Cn1cnnc1[C@@H]1CN(C(=O)CCc2cc(F)ccc2F)CCO1. The van der Waals surface area contributed by atoms with Crippen molar-refractivity contribution in [2.24, 2.45) is 7.05 Å². The second kappa shape index (κ2) is 7.04. The molecule has 24 heavy (non-hydrogen) atoms. The second-order valence-electron chi connectivity index (χ2n) is 5.73. The summed E-state index contributed by atoms with van der Waals surface area (Å²) in [6.45, 7) is 1.24. The Hall–Kier alpha value is -2.35. The van der Waals surface area contributed by atoms with Gasteiger partial charge in [-0.1, -0.05) is 0 Å². The van der Waals surface area contributed by atoms with Gasteiger partial charge in [-0.05, 0) is 30.2 Å². The third-order valence-electron chi connectivity index (χ3n) is 4.07.